The van der Waals surface area contributed by atoms with Crippen LogP contribution in [0.2, 0.25) is 0 Å². The third-order valence-corrected chi connectivity index (χ3v) is 10.4. The molecule has 0 unspecified atom stereocenters. The van der Waals surface area contributed by atoms with Gasteiger partial charge in [0.05, 0.1) is 6.42 Å². The minimum Gasteiger partial charge on any atom is -0.342 e. The number of fused-ring (bicyclic) bond motifs is 1. The number of carbonyl (C=O) groups excluding carboxylic acids is 4. The van der Waals surface area contributed by atoms with Crippen LogP contribution in [0.3, 0.4) is 0 Å². The first-order valence-electron chi connectivity index (χ1n) is 17.5. The fraction of sp³-hybridized carbons (Fsp3) is 0.556. The van der Waals surface area contributed by atoms with Crippen LogP contribution < -0.4 is 16.0 Å². The van der Waals surface area contributed by atoms with E-state index in [1.54, 1.807) is 4.90 Å². The number of urea groups is 2. The predicted octanol–water partition coefficient (Wildman–Crippen LogP) is 4.64. The van der Waals surface area contributed by atoms with E-state index in [0.717, 1.165) is 49.2 Å². The summed E-state index contributed by atoms with van der Waals surface area (Å²) in [6.45, 7) is 7.09. The number of piperidine rings is 3. The standard InChI is InChI=1S/C36H49N7O4/c1-2-26-9-8-11-28(23-26)37-35(46)38-32(34(45)42-21-13-29(14-22-42)40-17-6-3-7-18-40)24-33(44)41-19-15-30(16-20-41)43-25-27-10-4-5-12-31(27)39-36(43)47/h4-5,8-12,23,29-30,32H,2-3,6-7,13-22,24-25H2,1H3,(H,39,47)(H2,37,38,46)/t32-/m0/s1. The smallest absolute Gasteiger partial charge is 0.322 e. The van der Waals surface area contributed by atoms with Crippen molar-refractivity contribution >= 4 is 35.3 Å². The Kier molecular flexibility index (Phi) is 10.6. The maximum atomic E-state index is 13.9. The molecule has 4 heterocycles. The quantitative estimate of drug-likeness (QED) is 0.388. The lowest BCUT2D eigenvalue weighted by atomic mass is 9.98. The summed E-state index contributed by atoms with van der Waals surface area (Å²) in [5.74, 6) is -0.363. The molecule has 0 radical (unpaired) electrons. The molecule has 0 aliphatic carbocycles. The summed E-state index contributed by atoms with van der Waals surface area (Å²) in [6.07, 6.45) is 7.63. The summed E-state index contributed by atoms with van der Waals surface area (Å²) in [5, 5.41) is 8.71. The number of anilines is 2. The summed E-state index contributed by atoms with van der Waals surface area (Å²) in [4.78, 5) is 61.7. The fourth-order valence-electron chi connectivity index (χ4n) is 7.60. The number of hydrogen-bond acceptors (Lipinski definition) is 5. The van der Waals surface area contributed by atoms with E-state index in [2.05, 4.69) is 27.8 Å². The third-order valence-electron chi connectivity index (χ3n) is 10.4. The summed E-state index contributed by atoms with van der Waals surface area (Å²) in [5.41, 5.74) is 3.67. The maximum Gasteiger partial charge on any atom is 0.322 e. The van der Waals surface area contributed by atoms with Gasteiger partial charge >= 0.3 is 12.1 Å². The monoisotopic (exact) mass is 643 g/mol. The second-order valence-electron chi connectivity index (χ2n) is 13.4. The van der Waals surface area contributed by atoms with Crippen LogP contribution >= 0.6 is 0 Å². The Labute approximate surface area is 278 Å². The van der Waals surface area contributed by atoms with Gasteiger partial charge in [0.2, 0.25) is 11.8 Å². The average molecular weight is 644 g/mol. The molecule has 47 heavy (non-hydrogen) atoms. The molecule has 0 aromatic heterocycles. The van der Waals surface area contributed by atoms with E-state index < -0.39 is 12.1 Å². The van der Waals surface area contributed by atoms with Gasteiger partial charge in [0.1, 0.15) is 6.04 Å². The van der Waals surface area contributed by atoms with Crippen molar-refractivity contribution in [2.45, 2.75) is 89.4 Å². The van der Waals surface area contributed by atoms with Gasteiger partial charge in [-0.25, -0.2) is 9.59 Å². The molecule has 3 fully saturated rings. The topological polar surface area (TPSA) is 117 Å². The number of para-hydroxylation sites is 1. The van der Waals surface area contributed by atoms with Gasteiger partial charge in [0, 0.05) is 56.2 Å². The van der Waals surface area contributed by atoms with Crippen molar-refractivity contribution in [1.29, 1.82) is 0 Å². The Balaban J connectivity index is 1.07. The largest absolute Gasteiger partial charge is 0.342 e. The van der Waals surface area contributed by atoms with Crippen molar-refractivity contribution in [1.82, 2.24) is 24.9 Å². The van der Waals surface area contributed by atoms with Crippen LogP contribution in [0.4, 0.5) is 21.0 Å². The molecular formula is C36H49N7O4. The van der Waals surface area contributed by atoms with Crippen LogP contribution in [0.15, 0.2) is 48.5 Å². The van der Waals surface area contributed by atoms with Crippen molar-refractivity contribution in [3.8, 4) is 0 Å². The second-order valence-corrected chi connectivity index (χ2v) is 13.4. The number of likely N-dealkylation sites (tertiary alicyclic amines) is 3. The minimum absolute atomic E-state index is 0.0221. The molecule has 0 bridgehead atoms. The Morgan fingerprint density at radius 2 is 1.55 bits per heavy atom. The number of rotatable bonds is 8. The minimum atomic E-state index is -0.967. The van der Waals surface area contributed by atoms with E-state index in [4.69, 9.17) is 0 Å². The molecule has 3 saturated heterocycles. The first kappa shape index (κ1) is 32.8. The molecule has 4 aliphatic rings. The van der Waals surface area contributed by atoms with Crippen LogP contribution in [0.25, 0.3) is 0 Å². The van der Waals surface area contributed by atoms with Crippen molar-refractivity contribution in [2.75, 3.05) is 49.9 Å². The lowest BCUT2D eigenvalue weighted by molar-refractivity contribution is -0.140. The van der Waals surface area contributed by atoms with Gasteiger partial charge in [-0.1, -0.05) is 43.7 Å². The maximum absolute atomic E-state index is 13.9. The van der Waals surface area contributed by atoms with Gasteiger partial charge in [0.15, 0.2) is 0 Å². The highest BCUT2D eigenvalue weighted by Crippen LogP contribution is 2.28. The fourth-order valence-corrected chi connectivity index (χ4v) is 7.60. The zero-order chi connectivity index (χ0) is 32.8. The molecule has 2 aromatic rings. The molecule has 1 atom stereocenters. The van der Waals surface area contributed by atoms with Crippen LogP contribution in [-0.2, 0) is 22.6 Å². The first-order chi connectivity index (χ1) is 22.9. The summed E-state index contributed by atoms with van der Waals surface area (Å²) in [7, 11) is 0. The Bertz CT molecular complexity index is 1430. The van der Waals surface area contributed by atoms with E-state index in [1.165, 1.54) is 19.3 Å². The number of nitrogens with one attached hydrogen (secondary N) is 3. The highest BCUT2D eigenvalue weighted by Gasteiger charge is 2.36. The molecule has 11 nitrogen and oxygen atoms in total. The summed E-state index contributed by atoms with van der Waals surface area (Å²) in [6, 6.07) is 14.4. The molecule has 252 valence electrons. The van der Waals surface area contributed by atoms with Gasteiger partial charge in [-0.05, 0) is 87.4 Å². The lowest BCUT2D eigenvalue weighted by Gasteiger charge is -2.41. The van der Waals surface area contributed by atoms with E-state index >= 15 is 0 Å². The number of nitrogens with zero attached hydrogens (tertiary/aromatic N) is 4. The van der Waals surface area contributed by atoms with E-state index in [-0.39, 0.29) is 30.3 Å². The zero-order valence-corrected chi connectivity index (χ0v) is 27.6. The van der Waals surface area contributed by atoms with E-state index in [1.807, 2.05) is 58.3 Å². The van der Waals surface area contributed by atoms with Gasteiger partial charge < -0.3 is 35.6 Å². The molecule has 3 N–H and O–H groups in total. The van der Waals surface area contributed by atoms with E-state index in [0.29, 0.717) is 57.3 Å². The Morgan fingerprint density at radius 1 is 0.851 bits per heavy atom. The van der Waals surface area contributed by atoms with Crippen molar-refractivity contribution in [3.05, 3.63) is 59.7 Å². The third kappa shape index (κ3) is 8.06. The first-order valence-corrected chi connectivity index (χ1v) is 17.5. The van der Waals surface area contributed by atoms with Gasteiger partial charge in [-0.3, -0.25) is 9.59 Å². The number of aryl methyl sites for hydroxylation is 1. The molecule has 6 amide bonds. The van der Waals surface area contributed by atoms with Gasteiger partial charge in [0.25, 0.3) is 0 Å². The Morgan fingerprint density at radius 3 is 2.30 bits per heavy atom. The van der Waals surface area contributed by atoms with Crippen LogP contribution in [0.5, 0.6) is 0 Å². The predicted molar refractivity (Wildman–Crippen MR) is 182 cm³/mol. The van der Waals surface area contributed by atoms with E-state index in [9.17, 15) is 19.2 Å². The Hall–Kier alpha value is -4.12. The molecule has 11 heteroatoms. The normalized spacial score (nSPS) is 20.3. The highest BCUT2D eigenvalue weighted by atomic mass is 16.2. The summed E-state index contributed by atoms with van der Waals surface area (Å²) >= 11 is 0. The number of amides is 6. The van der Waals surface area contributed by atoms with Gasteiger partial charge in [-0.15, -0.1) is 0 Å². The molecule has 6 rings (SSSR count). The number of benzene rings is 2. The zero-order valence-electron chi connectivity index (χ0n) is 27.6. The lowest BCUT2D eigenvalue weighted by Crippen LogP contribution is -2.56. The number of hydrogen-bond donors (Lipinski definition) is 3. The van der Waals surface area contributed by atoms with Crippen LogP contribution in [0, 0.1) is 0 Å². The van der Waals surface area contributed by atoms with Crippen LogP contribution in [-0.4, -0.2) is 101 Å². The molecule has 2 aromatic carbocycles. The average Bonchev–Trinajstić information content (AvgIpc) is 3.11. The second kappa shape index (κ2) is 15.2. The number of carbonyl (C=O) groups is 4. The SMILES string of the molecule is CCc1cccc(NC(=O)N[C@@H](CC(=O)N2CCC(N3Cc4ccccc4NC3=O)CC2)C(=O)N2CCC(N3CCCCC3)CC2)c1. The van der Waals surface area contributed by atoms with Gasteiger partial charge in [-0.2, -0.15) is 0 Å². The highest BCUT2D eigenvalue weighted by molar-refractivity contribution is 5.96. The molecule has 4 aliphatic heterocycles. The van der Waals surface area contributed by atoms with Crippen molar-refractivity contribution in [3.63, 3.8) is 0 Å². The molecule has 0 saturated carbocycles. The molecule has 0 spiro atoms. The molecular weight excluding hydrogens is 594 g/mol. The summed E-state index contributed by atoms with van der Waals surface area (Å²) < 4.78 is 0. The van der Waals surface area contributed by atoms with Crippen LogP contribution in [0.1, 0.15) is 69.4 Å². The van der Waals surface area contributed by atoms with Crippen molar-refractivity contribution < 1.29 is 19.2 Å². The van der Waals surface area contributed by atoms with Crippen molar-refractivity contribution in [2.24, 2.45) is 0 Å².